The highest BCUT2D eigenvalue weighted by molar-refractivity contribution is 7.89. The quantitative estimate of drug-likeness (QED) is 0.716. The van der Waals surface area contributed by atoms with Crippen molar-refractivity contribution in [1.29, 1.82) is 0 Å². The summed E-state index contributed by atoms with van der Waals surface area (Å²) in [5.41, 5.74) is 0.946. The van der Waals surface area contributed by atoms with Gasteiger partial charge in [-0.25, -0.2) is 26.9 Å². The van der Waals surface area contributed by atoms with Gasteiger partial charge >= 0.3 is 0 Å². The normalized spacial score (nSPS) is 16.1. The van der Waals surface area contributed by atoms with Gasteiger partial charge in [-0.1, -0.05) is 23.5 Å². The summed E-state index contributed by atoms with van der Waals surface area (Å²) in [5, 5.41) is 0.911. The van der Waals surface area contributed by atoms with Crippen LogP contribution in [0.3, 0.4) is 0 Å². The molecule has 3 aromatic rings. The fraction of sp³-hybridized carbons (Fsp3) is 0.278. The van der Waals surface area contributed by atoms with E-state index in [1.54, 1.807) is 11.3 Å². The van der Waals surface area contributed by atoms with Crippen molar-refractivity contribution < 1.29 is 17.2 Å². The molecule has 142 valence electrons. The number of hydrogen-bond donors (Lipinski definition) is 1. The van der Waals surface area contributed by atoms with Gasteiger partial charge in [-0.15, -0.1) is 0 Å². The average Bonchev–Trinajstić information content (AvgIpc) is 3.08. The molecule has 2 aromatic carbocycles. The van der Waals surface area contributed by atoms with E-state index in [1.807, 2.05) is 24.3 Å². The summed E-state index contributed by atoms with van der Waals surface area (Å²) in [6, 6.07) is 9.98. The van der Waals surface area contributed by atoms with Gasteiger partial charge in [0.15, 0.2) is 5.13 Å². The van der Waals surface area contributed by atoms with Gasteiger partial charge in [0, 0.05) is 19.1 Å². The number of rotatable bonds is 4. The molecule has 4 rings (SSSR count). The lowest BCUT2D eigenvalue weighted by Gasteiger charge is -2.31. The third kappa shape index (κ3) is 3.80. The molecule has 1 saturated heterocycles. The molecule has 0 atom stereocenters. The van der Waals surface area contributed by atoms with E-state index in [4.69, 9.17) is 0 Å². The Bertz CT molecular complexity index is 1040. The summed E-state index contributed by atoms with van der Waals surface area (Å²) in [6.07, 6.45) is 1.12. The van der Waals surface area contributed by atoms with E-state index in [0.29, 0.717) is 32.0 Å². The number of halogens is 2. The number of aromatic nitrogens is 1. The van der Waals surface area contributed by atoms with Crippen LogP contribution in [-0.4, -0.2) is 32.5 Å². The molecule has 0 amide bonds. The van der Waals surface area contributed by atoms with E-state index in [9.17, 15) is 17.2 Å². The second-order valence-electron chi connectivity index (χ2n) is 6.42. The molecular formula is C18H17F2N3O2S2. The lowest BCUT2D eigenvalue weighted by Crippen LogP contribution is -2.44. The SMILES string of the molecule is O=S(=O)(NC1CCN(c2nc3ccccc3s2)CC1)c1cc(F)ccc1F. The minimum atomic E-state index is -4.11. The van der Waals surface area contributed by atoms with Gasteiger partial charge in [-0.3, -0.25) is 0 Å². The molecule has 2 heterocycles. The second kappa shape index (κ2) is 7.14. The van der Waals surface area contributed by atoms with E-state index in [0.717, 1.165) is 27.5 Å². The van der Waals surface area contributed by atoms with Crippen molar-refractivity contribution in [3.63, 3.8) is 0 Å². The molecule has 27 heavy (non-hydrogen) atoms. The van der Waals surface area contributed by atoms with Crippen LogP contribution in [0.4, 0.5) is 13.9 Å². The van der Waals surface area contributed by atoms with Crippen LogP contribution in [0.25, 0.3) is 10.2 Å². The van der Waals surface area contributed by atoms with E-state index in [-0.39, 0.29) is 6.04 Å². The van der Waals surface area contributed by atoms with Crippen molar-refractivity contribution in [2.24, 2.45) is 0 Å². The van der Waals surface area contributed by atoms with Crippen molar-refractivity contribution in [2.75, 3.05) is 18.0 Å². The van der Waals surface area contributed by atoms with Crippen LogP contribution in [-0.2, 0) is 10.0 Å². The minimum absolute atomic E-state index is 0.330. The maximum absolute atomic E-state index is 13.8. The zero-order chi connectivity index (χ0) is 19.0. The summed E-state index contributed by atoms with van der Waals surface area (Å²) in [4.78, 5) is 6.09. The standard InChI is InChI=1S/C18H17F2N3O2S2/c19-12-5-6-14(20)17(11-12)27(24,25)22-13-7-9-23(10-8-13)18-21-15-3-1-2-4-16(15)26-18/h1-6,11,13,22H,7-10H2. The van der Waals surface area contributed by atoms with E-state index in [2.05, 4.69) is 14.6 Å². The van der Waals surface area contributed by atoms with Crippen molar-refractivity contribution >= 4 is 36.7 Å². The molecule has 0 bridgehead atoms. The van der Waals surface area contributed by atoms with E-state index >= 15 is 0 Å². The zero-order valence-electron chi connectivity index (χ0n) is 14.2. The number of benzene rings is 2. The zero-order valence-corrected chi connectivity index (χ0v) is 15.9. The number of hydrogen-bond acceptors (Lipinski definition) is 5. The van der Waals surface area contributed by atoms with Crippen LogP contribution in [0.5, 0.6) is 0 Å². The Kier molecular flexibility index (Phi) is 4.83. The molecule has 1 aliphatic rings. The van der Waals surface area contributed by atoms with E-state index in [1.165, 1.54) is 0 Å². The largest absolute Gasteiger partial charge is 0.348 e. The first kappa shape index (κ1) is 18.3. The van der Waals surface area contributed by atoms with Gasteiger partial charge in [0.25, 0.3) is 0 Å². The summed E-state index contributed by atoms with van der Waals surface area (Å²) >= 11 is 1.60. The monoisotopic (exact) mass is 409 g/mol. The second-order valence-corrected chi connectivity index (χ2v) is 9.11. The Hall–Kier alpha value is -2.10. The maximum Gasteiger partial charge on any atom is 0.243 e. The van der Waals surface area contributed by atoms with Crippen LogP contribution in [0.15, 0.2) is 47.4 Å². The molecule has 1 aromatic heterocycles. The fourth-order valence-corrected chi connectivity index (χ4v) is 5.56. The number of para-hydroxylation sites is 1. The van der Waals surface area contributed by atoms with Gasteiger partial charge < -0.3 is 4.90 Å². The van der Waals surface area contributed by atoms with Gasteiger partial charge in [0.2, 0.25) is 10.0 Å². The van der Waals surface area contributed by atoms with Crippen LogP contribution < -0.4 is 9.62 Å². The Morgan fingerprint density at radius 2 is 1.85 bits per heavy atom. The number of nitrogens with one attached hydrogen (secondary N) is 1. The molecule has 0 spiro atoms. The summed E-state index contributed by atoms with van der Waals surface area (Å²) in [7, 11) is -4.11. The van der Waals surface area contributed by atoms with Crippen molar-refractivity contribution in [3.8, 4) is 0 Å². The minimum Gasteiger partial charge on any atom is -0.348 e. The molecule has 0 saturated carbocycles. The lowest BCUT2D eigenvalue weighted by molar-refractivity contribution is 0.457. The first-order chi connectivity index (χ1) is 12.9. The Morgan fingerprint density at radius 1 is 1.11 bits per heavy atom. The van der Waals surface area contributed by atoms with Crippen molar-refractivity contribution in [1.82, 2.24) is 9.71 Å². The smallest absolute Gasteiger partial charge is 0.243 e. The van der Waals surface area contributed by atoms with Gasteiger partial charge in [0.05, 0.1) is 10.2 Å². The first-order valence-electron chi connectivity index (χ1n) is 8.50. The topological polar surface area (TPSA) is 62.3 Å². The predicted molar refractivity (Wildman–Crippen MR) is 102 cm³/mol. The van der Waals surface area contributed by atoms with Crippen molar-refractivity contribution in [2.45, 2.75) is 23.8 Å². The lowest BCUT2D eigenvalue weighted by atomic mass is 10.1. The summed E-state index contributed by atoms with van der Waals surface area (Å²) < 4.78 is 55.5. The number of sulfonamides is 1. The molecule has 1 N–H and O–H groups in total. The molecule has 0 radical (unpaired) electrons. The van der Waals surface area contributed by atoms with Crippen LogP contribution in [0.1, 0.15) is 12.8 Å². The Balaban J connectivity index is 1.44. The third-order valence-corrected chi connectivity index (χ3v) is 7.19. The molecule has 5 nitrogen and oxygen atoms in total. The number of nitrogens with zero attached hydrogens (tertiary/aromatic N) is 2. The molecule has 1 aliphatic heterocycles. The van der Waals surface area contributed by atoms with Crippen LogP contribution >= 0.6 is 11.3 Å². The van der Waals surface area contributed by atoms with Gasteiger partial charge in [-0.2, -0.15) is 0 Å². The average molecular weight is 409 g/mol. The predicted octanol–water partition coefficient (Wildman–Crippen LogP) is 3.52. The number of piperidine rings is 1. The molecule has 9 heteroatoms. The molecule has 1 fully saturated rings. The molecule has 0 aliphatic carbocycles. The Labute approximate surface area is 159 Å². The highest BCUT2D eigenvalue weighted by Gasteiger charge is 2.27. The van der Waals surface area contributed by atoms with Crippen LogP contribution in [0, 0.1) is 11.6 Å². The number of anilines is 1. The number of fused-ring (bicyclic) bond motifs is 1. The highest BCUT2D eigenvalue weighted by Crippen LogP contribution is 2.30. The Morgan fingerprint density at radius 3 is 2.59 bits per heavy atom. The van der Waals surface area contributed by atoms with Crippen molar-refractivity contribution in [3.05, 3.63) is 54.1 Å². The highest BCUT2D eigenvalue weighted by atomic mass is 32.2. The summed E-state index contributed by atoms with van der Waals surface area (Å²) in [5.74, 6) is -1.75. The maximum atomic E-state index is 13.8. The summed E-state index contributed by atoms with van der Waals surface area (Å²) in [6.45, 7) is 1.28. The first-order valence-corrected chi connectivity index (χ1v) is 10.8. The molecule has 0 unspecified atom stereocenters. The van der Waals surface area contributed by atoms with E-state index < -0.39 is 26.6 Å². The van der Waals surface area contributed by atoms with Gasteiger partial charge in [-0.05, 0) is 43.2 Å². The fourth-order valence-electron chi connectivity index (χ4n) is 3.15. The van der Waals surface area contributed by atoms with Crippen LogP contribution in [0.2, 0.25) is 0 Å². The van der Waals surface area contributed by atoms with Gasteiger partial charge in [0.1, 0.15) is 16.5 Å². The third-order valence-electron chi connectivity index (χ3n) is 4.55. The number of thiazole rings is 1. The molecular weight excluding hydrogens is 392 g/mol.